The van der Waals surface area contributed by atoms with E-state index >= 15 is 0 Å². The second-order valence-corrected chi connectivity index (χ2v) is 4.46. The summed E-state index contributed by atoms with van der Waals surface area (Å²) < 4.78 is 0. The number of hydrogen-bond donors (Lipinski definition) is 4. The number of rotatable bonds is 3. The van der Waals surface area contributed by atoms with Crippen LogP contribution in [0, 0.1) is 5.41 Å². The largest absolute Gasteiger partial charge is 0.401 e. The normalized spacial score (nSPS) is 16.0. The molecule has 0 aromatic carbocycles. The summed E-state index contributed by atoms with van der Waals surface area (Å²) in [7, 11) is 0. The highest BCUT2D eigenvalue weighted by molar-refractivity contribution is 7.90. The van der Waals surface area contributed by atoms with Crippen molar-refractivity contribution in [1.82, 2.24) is 10.2 Å². The third-order valence-electron chi connectivity index (χ3n) is 2.91. The van der Waals surface area contributed by atoms with Crippen molar-refractivity contribution in [3.8, 4) is 0 Å². The number of hydrogen-bond acceptors (Lipinski definition) is 4. The van der Waals surface area contributed by atoms with Gasteiger partial charge in [-0.05, 0) is 19.3 Å². The van der Waals surface area contributed by atoms with E-state index in [0.29, 0.717) is 0 Å². The fourth-order valence-electron chi connectivity index (χ4n) is 2.03. The summed E-state index contributed by atoms with van der Waals surface area (Å²) in [6.07, 6.45) is 5.89. The van der Waals surface area contributed by atoms with Crippen molar-refractivity contribution in [2.45, 2.75) is 26.2 Å². The minimum atomic E-state index is 0.783. The van der Waals surface area contributed by atoms with Gasteiger partial charge in [0, 0.05) is 28.0 Å². The molecular weight excluding hydrogens is 232 g/mol. The standard InChI is InChI=1S/C12H16N4S/c1-2-3-7(6-13)10-8-4-5-9(14)12(17)11(8)16-15-10/h3,6,13,17H,2,4-5,14H2,1H3,(H,15,16)/b7-3+,13-6?. The fraction of sp³-hybridized carbons (Fsp3) is 0.333. The maximum atomic E-state index is 7.44. The number of nitrogens with one attached hydrogen (secondary N) is 2. The summed E-state index contributed by atoms with van der Waals surface area (Å²) in [5.74, 6) is 0. The van der Waals surface area contributed by atoms with Gasteiger partial charge in [-0.25, -0.2) is 0 Å². The van der Waals surface area contributed by atoms with Crippen molar-refractivity contribution in [1.29, 1.82) is 5.41 Å². The van der Waals surface area contributed by atoms with Crippen molar-refractivity contribution >= 4 is 29.3 Å². The average Bonchev–Trinajstić information content (AvgIpc) is 2.75. The van der Waals surface area contributed by atoms with Gasteiger partial charge in [0.2, 0.25) is 0 Å². The molecule has 1 aliphatic carbocycles. The molecule has 0 saturated heterocycles. The zero-order valence-electron chi connectivity index (χ0n) is 9.75. The van der Waals surface area contributed by atoms with Crippen LogP contribution < -0.4 is 5.73 Å². The Morgan fingerprint density at radius 2 is 2.35 bits per heavy atom. The van der Waals surface area contributed by atoms with Crippen LogP contribution >= 0.6 is 12.6 Å². The highest BCUT2D eigenvalue weighted by atomic mass is 32.1. The lowest BCUT2D eigenvalue weighted by atomic mass is 9.96. The van der Waals surface area contributed by atoms with Gasteiger partial charge in [-0.1, -0.05) is 13.0 Å². The van der Waals surface area contributed by atoms with E-state index in [1.54, 1.807) is 0 Å². The van der Waals surface area contributed by atoms with Gasteiger partial charge in [0.25, 0.3) is 0 Å². The first-order valence-electron chi connectivity index (χ1n) is 5.65. The highest BCUT2D eigenvalue weighted by Gasteiger charge is 2.22. The minimum Gasteiger partial charge on any atom is -0.401 e. The first kappa shape index (κ1) is 12.0. The molecule has 0 fully saturated rings. The molecule has 0 bridgehead atoms. The summed E-state index contributed by atoms with van der Waals surface area (Å²) in [6.45, 7) is 2.05. The van der Waals surface area contributed by atoms with E-state index in [-0.39, 0.29) is 0 Å². The van der Waals surface area contributed by atoms with E-state index < -0.39 is 0 Å². The lowest BCUT2D eigenvalue weighted by molar-refractivity contribution is 0.908. The van der Waals surface area contributed by atoms with Crippen LogP contribution in [0.4, 0.5) is 0 Å². The van der Waals surface area contributed by atoms with Gasteiger partial charge in [-0.3, -0.25) is 5.10 Å². The monoisotopic (exact) mass is 248 g/mol. The summed E-state index contributed by atoms with van der Waals surface area (Å²) in [5.41, 5.74) is 10.4. The highest BCUT2D eigenvalue weighted by Crippen LogP contribution is 2.33. The molecular formula is C12H16N4S. The maximum Gasteiger partial charge on any atom is 0.0971 e. The molecule has 1 aromatic heterocycles. The number of aromatic amines is 1. The van der Waals surface area contributed by atoms with E-state index in [4.69, 9.17) is 11.1 Å². The quantitative estimate of drug-likeness (QED) is 0.489. The van der Waals surface area contributed by atoms with Gasteiger partial charge in [0.05, 0.1) is 11.4 Å². The van der Waals surface area contributed by atoms with Crippen molar-refractivity contribution in [3.05, 3.63) is 28.7 Å². The first-order valence-corrected chi connectivity index (χ1v) is 6.10. The maximum absolute atomic E-state index is 7.44. The number of fused-ring (bicyclic) bond motifs is 1. The molecule has 0 unspecified atom stereocenters. The lowest BCUT2D eigenvalue weighted by Crippen LogP contribution is -2.09. The Kier molecular flexibility index (Phi) is 3.38. The number of nitrogens with two attached hydrogens (primary N) is 1. The number of allylic oxidation sites excluding steroid dienone is 3. The predicted octanol–water partition coefficient (Wildman–Crippen LogP) is 2.36. The third kappa shape index (κ3) is 2.02. The molecule has 4 N–H and O–H groups in total. The molecule has 0 saturated carbocycles. The van der Waals surface area contributed by atoms with Crippen molar-refractivity contribution in [2.75, 3.05) is 0 Å². The summed E-state index contributed by atoms with van der Waals surface area (Å²) in [4.78, 5) is 0.783. The van der Waals surface area contributed by atoms with Crippen LogP contribution in [0.2, 0.25) is 0 Å². The Hall–Kier alpha value is -1.49. The molecule has 0 atom stereocenters. The molecule has 90 valence electrons. The molecule has 0 radical (unpaired) electrons. The van der Waals surface area contributed by atoms with Gasteiger partial charge in [-0.2, -0.15) is 5.10 Å². The van der Waals surface area contributed by atoms with Gasteiger partial charge in [-0.15, -0.1) is 12.6 Å². The molecule has 1 heterocycles. The predicted molar refractivity (Wildman–Crippen MR) is 74.1 cm³/mol. The van der Waals surface area contributed by atoms with E-state index in [0.717, 1.165) is 52.4 Å². The molecule has 1 aliphatic rings. The van der Waals surface area contributed by atoms with Crippen LogP contribution in [0.3, 0.4) is 0 Å². The Labute approximate surface area is 106 Å². The molecule has 17 heavy (non-hydrogen) atoms. The summed E-state index contributed by atoms with van der Waals surface area (Å²) >= 11 is 4.41. The molecule has 4 nitrogen and oxygen atoms in total. The van der Waals surface area contributed by atoms with E-state index in [2.05, 4.69) is 22.8 Å². The van der Waals surface area contributed by atoms with Crippen LogP contribution in [-0.2, 0) is 6.42 Å². The molecule has 0 spiro atoms. The molecule has 0 aliphatic heterocycles. The zero-order chi connectivity index (χ0) is 12.4. The Bertz CT molecular complexity index is 511. The average molecular weight is 248 g/mol. The Morgan fingerprint density at radius 3 is 3.00 bits per heavy atom. The Morgan fingerprint density at radius 1 is 1.59 bits per heavy atom. The van der Waals surface area contributed by atoms with Crippen LogP contribution in [0.15, 0.2) is 11.8 Å². The van der Waals surface area contributed by atoms with Crippen molar-refractivity contribution in [3.63, 3.8) is 0 Å². The van der Waals surface area contributed by atoms with Crippen LogP contribution in [0.5, 0.6) is 0 Å². The zero-order valence-corrected chi connectivity index (χ0v) is 10.6. The van der Waals surface area contributed by atoms with E-state index in [1.165, 1.54) is 6.21 Å². The number of aromatic nitrogens is 2. The SMILES string of the molecule is CC/C=C(\C=N)c1n[nH]c2c1CCC(N)=C2S. The van der Waals surface area contributed by atoms with Crippen molar-refractivity contribution < 1.29 is 0 Å². The lowest BCUT2D eigenvalue weighted by Gasteiger charge is -2.14. The van der Waals surface area contributed by atoms with Crippen LogP contribution in [0.1, 0.15) is 36.7 Å². The van der Waals surface area contributed by atoms with Gasteiger partial charge >= 0.3 is 0 Å². The number of H-pyrrole nitrogens is 1. The van der Waals surface area contributed by atoms with Gasteiger partial charge in [0.1, 0.15) is 0 Å². The summed E-state index contributed by atoms with van der Waals surface area (Å²) in [5, 5.41) is 14.7. The molecule has 2 rings (SSSR count). The fourth-order valence-corrected chi connectivity index (χ4v) is 2.32. The molecule has 0 amide bonds. The number of nitrogens with zero attached hydrogens (tertiary/aromatic N) is 1. The number of thiol groups is 1. The molecule has 1 aromatic rings. The van der Waals surface area contributed by atoms with Crippen LogP contribution in [0.25, 0.3) is 10.5 Å². The van der Waals surface area contributed by atoms with Crippen LogP contribution in [-0.4, -0.2) is 16.4 Å². The third-order valence-corrected chi connectivity index (χ3v) is 3.42. The van der Waals surface area contributed by atoms with E-state index in [9.17, 15) is 0 Å². The Balaban J connectivity index is 2.51. The first-order chi connectivity index (χ1) is 8.19. The summed E-state index contributed by atoms with van der Waals surface area (Å²) in [6, 6.07) is 0. The molecule has 5 heteroatoms. The van der Waals surface area contributed by atoms with Gasteiger partial charge in [0.15, 0.2) is 0 Å². The second-order valence-electron chi connectivity index (χ2n) is 4.01. The van der Waals surface area contributed by atoms with Gasteiger partial charge < -0.3 is 11.1 Å². The van der Waals surface area contributed by atoms with Crippen molar-refractivity contribution in [2.24, 2.45) is 5.73 Å². The van der Waals surface area contributed by atoms with E-state index in [1.807, 2.05) is 13.0 Å². The second kappa shape index (κ2) is 4.79. The topological polar surface area (TPSA) is 78.5 Å². The minimum absolute atomic E-state index is 0.783. The smallest absolute Gasteiger partial charge is 0.0971 e.